The summed E-state index contributed by atoms with van der Waals surface area (Å²) in [6.07, 6.45) is 5.35. The Balaban J connectivity index is 1.56. The molecule has 1 aliphatic rings. The van der Waals surface area contributed by atoms with Crippen LogP contribution in [0, 0.1) is 6.92 Å². The molecule has 5 rings (SSSR count). The third-order valence-electron chi connectivity index (χ3n) is 7.91. The summed E-state index contributed by atoms with van der Waals surface area (Å²) < 4.78 is 42.6. The molecule has 11 nitrogen and oxygen atoms in total. The molecule has 0 saturated heterocycles. The van der Waals surface area contributed by atoms with E-state index in [2.05, 4.69) is 9.71 Å². The minimum absolute atomic E-state index is 0.0609. The lowest BCUT2D eigenvalue weighted by atomic mass is 10.00. The monoisotopic (exact) mass is 609 g/mol. The van der Waals surface area contributed by atoms with E-state index in [1.807, 2.05) is 13.0 Å². The molecule has 1 saturated carbocycles. The van der Waals surface area contributed by atoms with E-state index >= 15 is 0 Å². The number of aliphatic hydroxyl groups excluding tert-OH is 1. The van der Waals surface area contributed by atoms with Gasteiger partial charge in [-0.05, 0) is 50.5 Å². The SMILES string of the molecule is CCOc1ccc(S(=O)(=O)NC(COC)C(O)c2ccccc2)cc1-c1nn2c(C3CCCCCC3)nc(C)c2c(=O)[nH]1. The number of hydrogen-bond donors (Lipinski definition) is 3. The van der Waals surface area contributed by atoms with Crippen LogP contribution in [0.25, 0.3) is 16.9 Å². The molecule has 230 valence electrons. The second-order valence-corrected chi connectivity index (χ2v) is 12.7. The molecule has 43 heavy (non-hydrogen) atoms. The van der Waals surface area contributed by atoms with Crippen molar-refractivity contribution in [2.45, 2.75) is 75.3 Å². The van der Waals surface area contributed by atoms with Crippen molar-refractivity contribution in [1.82, 2.24) is 24.3 Å². The number of benzene rings is 2. The molecule has 1 aliphatic carbocycles. The summed E-state index contributed by atoms with van der Waals surface area (Å²) in [5.41, 5.74) is 1.48. The summed E-state index contributed by atoms with van der Waals surface area (Å²) in [7, 11) is -2.72. The molecule has 1 fully saturated rings. The molecule has 0 amide bonds. The fraction of sp³-hybridized carbons (Fsp3) is 0.452. The number of imidazole rings is 1. The molecule has 2 heterocycles. The molecule has 2 aromatic carbocycles. The summed E-state index contributed by atoms with van der Waals surface area (Å²) in [4.78, 5) is 20.9. The molecule has 12 heteroatoms. The summed E-state index contributed by atoms with van der Waals surface area (Å²) in [6, 6.07) is 12.2. The fourth-order valence-electron chi connectivity index (χ4n) is 5.78. The van der Waals surface area contributed by atoms with Gasteiger partial charge in [0.25, 0.3) is 5.56 Å². The van der Waals surface area contributed by atoms with Crippen molar-refractivity contribution in [1.29, 1.82) is 0 Å². The maximum atomic E-state index is 13.7. The smallest absolute Gasteiger partial charge is 0.277 e. The average molecular weight is 610 g/mol. The summed E-state index contributed by atoms with van der Waals surface area (Å²) in [5, 5.41) is 15.8. The quantitative estimate of drug-likeness (QED) is 0.214. The first-order valence-electron chi connectivity index (χ1n) is 14.7. The lowest BCUT2D eigenvalue weighted by Crippen LogP contribution is -2.42. The van der Waals surface area contributed by atoms with E-state index in [1.165, 1.54) is 32.1 Å². The zero-order chi connectivity index (χ0) is 30.6. The van der Waals surface area contributed by atoms with Gasteiger partial charge in [-0.3, -0.25) is 4.79 Å². The maximum Gasteiger partial charge on any atom is 0.277 e. The lowest BCUT2D eigenvalue weighted by molar-refractivity contribution is 0.0800. The van der Waals surface area contributed by atoms with Crippen LogP contribution >= 0.6 is 0 Å². The molecule has 0 bridgehead atoms. The summed E-state index contributed by atoms with van der Waals surface area (Å²) in [5.74, 6) is 1.47. The van der Waals surface area contributed by atoms with Crippen molar-refractivity contribution >= 4 is 15.5 Å². The molecular weight excluding hydrogens is 570 g/mol. The van der Waals surface area contributed by atoms with Crippen molar-refractivity contribution in [3.05, 3.63) is 76.0 Å². The molecule has 4 aromatic rings. The van der Waals surface area contributed by atoms with E-state index in [0.29, 0.717) is 34.7 Å². The largest absolute Gasteiger partial charge is 0.493 e. The normalized spacial score (nSPS) is 16.2. The van der Waals surface area contributed by atoms with Crippen LogP contribution in [-0.4, -0.2) is 59.5 Å². The highest BCUT2D eigenvalue weighted by Gasteiger charge is 2.29. The standard InChI is InChI=1S/C31H39N5O6S/c1-4-42-26-17-16-23(43(39,40)35-25(19-41-3)28(37)21-12-10-7-11-13-21)18-24(26)29-33-31(38)27-20(2)32-30(36(27)34-29)22-14-8-5-6-9-15-22/h7,10-13,16-18,22,25,28,35,37H,4-6,8-9,14-15,19H2,1-3H3,(H,33,34,38). The van der Waals surface area contributed by atoms with Crippen molar-refractivity contribution < 1.29 is 23.0 Å². The number of ether oxygens (including phenoxy) is 2. The fourth-order valence-corrected chi connectivity index (χ4v) is 7.03. The van der Waals surface area contributed by atoms with Crippen LogP contribution in [0.5, 0.6) is 5.75 Å². The van der Waals surface area contributed by atoms with Crippen LogP contribution in [0.15, 0.2) is 58.2 Å². The topological polar surface area (TPSA) is 148 Å². The number of rotatable bonds is 11. The van der Waals surface area contributed by atoms with Crippen LogP contribution in [0.4, 0.5) is 0 Å². The predicted molar refractivity (Wildman–Crippen MR) is 163 cm³/mol. The minimum Gasteiger partial charge on any atom is -0.493 e. The van der Waals surface area contributed by atoms with Gasteiger partial charge in [0.15, 0.2) is 11.3 Å². The van der Waals surface area contributed by atoms with Crippen molar-refractivity contribution in [2.24, 2.45) is 0 Å². The van der Waals surface area contributed by atoms with Gasteiger partial charge >= 0.3 is 0 Å². The second-order valence-electron chi connectivity index (χ2n) is 10.9. The molecule has 2 unspecified atom stereocenters. The van der Waals surface area contributed by atoms with Crippen LogP contribution in [0.2, 0.25) is 0 Å². The van der Waals surface area contributed by atoms with E-state index in [1.54, 1.807) is 41.8 Å². The zero-order valence-corrected chi connectivity index (χ0v) is 25.6. The van der Waals surface area contributed by atoms with Crippen molar-refractivity contribution in [3.63, 3.8) is 0 Å². The molecule has 2 aromatic heterocycles. The lowest BCUT2D eigenvalue weighted by Gasteiger charge is -2.24. The first-order chi connectivity index (χ1) is 20.7. The number of fused-ring (bicyclic) bond motifs is 1. The molecular formula is C31H39N5O6S. The van der Waals surface area contributed by atoms with Gasteiger partial charge in [-0.2, -0.15) is 0 Å². The average Bonchev–Trinajstić information content (AvgIpc) is 3.15. The number of sulfonamides is 1. The molecule has 0 spiro atoms. The van der Waals surface area contributed by atoms with Crippen molar-refractivity contribution in [3.8, 4) is 17.1 Å². The van der Waals surface area contributed by atoms with E-state index in [4.69, 9.17) is 19.6 Å². The van der Waals surface area contributed by atoms with E-state index in [-0.39, 0.29) is 28.8 Å². The first kappa shape index (κ1) is 30.9. The second kappa shape index (κ2) is 13.4. The minimum atomic E-state index is -4.16. The Labute approximate surface area is 251 Å². The van der Waals surface area contributed by atoms with Crippen molar-refractivity contribution in [2.75, 3.05) is 20.3 Å². The Bertz CT molecular complexity index is 1710. The van der Waals surface area contributed by atoms with Gasteiger partial charge in [-0.1, -0.05) is 56.0 Å². The maximum absolute atomic E-state index is 13.7. The highest BCUT2D eigenvalue weighted by Crippen LogP contribution is 2.33. The van der Waals surface area contributed by atoms with Crippen LogP contribution in [-0.2, 0) is 14.8 Å². The zero-order valence-electron chi connectivity index (χ0n) is 24.7. The number of methoxy groups -OCH3 is 1. The Morgan fingerprint density at radius 1 is 1.12 bits per heavy atom. The van der Waals surface area contributed by atoms with Gasteiger partial charge in [0.05, 0.1) is 41.5 Å². The number of aryl methyl sites for hydroxylation is 1. The highest BCUT2D eigenvalue weighted by atomic mass is 32.2. The highest BCUT2D eigenvalue weighted by molar-refractivity contribution is 7.89. The Kier molecular flexibility index (Phi) is 9.60. The van der Waals surface area contributed by atoms with Gasteiger partial charge in [0, 0.05) is 13.0 Å². The third-order valence-corrected chi connectivity index (χ3v) is 9.40. The van der Waals surface area contributed by atoms with Crippen LogP contribution in [0.3, 0.4) is 0 Å². The number of nitrogens with one attached hydrogen (secondary N) is 2. The molecule has 3 N–H and O–H groups in total. The van der Waals surface area contributed by atoms with E-state index < -0.39 is 22.2 Å². The van der Waals surface area contributed by atoms with E-state index in [0.717, 1.165) is 31.5 Å². The van der Waals surface area contributed by atoms with Gasteiger partial charge in [0.2, 0.25) is 10.0 Å². The van der Waals surface area contributed by atoms with Crippen LogP contribution in [0.1, 0.15) is 74.6 Å². The predicted octanol–water partition coefficient (Wildman–Crippen LogP) is 4.26. The number of nitrogens with zero attached hydrogens (tertiary/aromatic N) is 3. The summed E-state index contributed by atoms with van der Waals surface area (Å²) in [6.45, 7) is 3.88. The van der Waals surface area contributed by atoms with Crippen LogP contribution < -0.4 is 15.0 Å². The van der Waals surface area contributed by atoms with E-state index in [9.17, 15) is 18.3 Å². The van der Waals surface area contributed by atoms with Gasteiger partial charge < -0.3 is 19.6 Å². The number of H-pyrrole nitrogens is 1. The Morgan fingerprint density at radius 3 is 2.51 bits per heavy atom. The number of hydrogen-bond acceptors (Lipinski definition) is 8. The first-order valence-corrected chi connectivity index (χ1v) is 16.2. The number of aromatic amines is 1. The number of aromatic nitrogens is 4. The van der Waals surface area contributed by atoms with Gasteiger partial charge in [0.1, 0.15) is 11.6 Å². The van der Waals surface area contributed by atoms with Gasteiger partial charge in [-0.25, -0.2) is 22.6 Å². The Hall–Kier alpha value is -3.58. The molecule has 0 aliphatic heterocycles. The summed E-state index contributed by atoms with van der Waals surface area (Å²) >= 11 is 0. The Morgan fingerprint density at radius 2 is 1.84 bits per heavy atom. The third kappa shape index (κ3) is 6.67. The number of aliphatic hydroxyl groups is 1. The molecule has 2 atom stereocenters. The van der Waals surface area contributed by atoms with Gasteiger partial charge in [-0.15, -0.1) is 5.10 Å². The molecule has 0 radical (unpaired) electrons.